The number of rotatable bonds is 7. The third kappa shape index (κ3) is 5.58. The predicted molar refractivity (Wildman–Crippen MR) is 120 cm³/mol. The topological polar surface area (TPSA) is 105 Å². The van der Waals surface area contributed by atoms with Crippen LogP contribution in [0.15, 0.2) is 77.3 Å². The van der Waals surface area contributed by atoms with E-state index in [1.54, 1.807) is 18.2 Å². The Morgan fingerprint density at radius 1 is 0.871 bits per heavy atom. The summed E-state index contributed by atoms with van der Waals surface area (Å²) in [4.78, 5) is 12.0. The van der Waals surface area contributed by atoms with Crippen LogP contribution >= 0.6 is 11.6 Å². The molecule has 3 N–H and O–H groups in total. The number of hydrogen-bond donors (Lipinski definition) is 3. The highest BCUT2D eigenvalue weighted by Crippen LogP contribution is 2.24. The molecule has 4 rings (SSSR count). The second kappa shape index (κ2) is 9.73. The molecule has 0 aliphatic rings. The van der Waals surface area contributed by atoms with E-state index in [4.69, 9.17) is 16.1 Å². The van der Waals surface area contributed by atoms with Gasteiger partial charge in [0.1, 0.15) is 5.82 Å². The molecule has 9 heteroatoms. The first-order valence-electron chi connectivity index (χ1n) is 9.58. The van der Waals surface area contributed by atoms with E-state index in [1.165, 1.54) is 0 Å². The summed E-state index contributed by atoms with van der Waals surface area (Å²) in [6, 6.07) is 22.0. The van der Waals surface area contributed by atoms with Crippen molar-refractivity contribution in [2.75, 3.05) is 23.7 Å². The molecule has 31 heavy (non-hydrogen) atoms. The van der Waals surface area contributed by atoms with Gasteiger partial charge in [-0.2, -0.15) is 0 Å². The van der Waals surface area contributed by atoms with Crippen molar-refractivity contribution in [3.63, 3.8) is 0 Å². The first-order chi connectivity index (χ1) is 15.2. The van der Waals surface area contributed by atoms with Crippen molar-refractivity contribution in [1.82, 2.24) is 20.7 Å². The van der Waals surface area contributed by atoms with Crippen LogP contribution in [0.1, 0.15) is 0 Å². The minimum absolute atomic E-state index is 0.317. The zero-order chi connectivity index (χ0) is 21.5. The normalized spacial score (nSPS) is 10.5. The van der Waals surface area contributed by atoms with Crippen molar-refractivity contribution in [3.05, 3.63) is 77.8 Å². The summed E-state index contributed by atoms with van der Waals surface area (Å²) in [5.74, 6) is 1.48. The molecule has 0 atom stereocenters. The molecule has 4 aromatic rings. The van der Waals surface area contributed by atoms with Gasteiger partial charge in [0.05, 0.1) is 5.69 Å². The van der Waals surface area contributed by atoms with Crippen molar-refractivity contribution in [2.45, 2.75) is 0 Å². The number of nitrogens with one attached hydrogen (secondary N) is 3. The number of urea groups is 1. The molecule has 2 aromatic heterocycles. The van der Waals surface area contributed by atoms with Crippen LogP contribution in [0, 0.1) is 0 Å². The smallest absolute Gasteiger partial charge is 0.320 e. The third-order valence-electron chi connectivity index (χ3n) is 4.33. The SMILES string of the molecule is O=C(NCCNc1ccc(-c2ccccc2)nn1)Nc1cc(-c2ccc(Cl)cc2)on1. The van der Waals surface area contributed by atoms with Gasteiger partial charge < -0.3 is 15.2 Å². The van der Waals surface area contributed by atoms with Crippen molar-refractivity contribution in [1.29, 1.82) is 0 Å². The molecule has 8 nitrogen and oxygen atoms in total. The van der Waals surface area contributed by atoms with Crippen LogP contribution in [0.3, 0.4) is 0 Å². The van der Waals surface area contributed by atoms with Gasteiger partial charge in [-0.25, -0.2) is 4.79 Å². The lowest BCUT2D eigenvalue weighted by molar-refractivity contribution is 0.252. The molecule has 0 unspecified atom stereocenters. The number of carbonyl (C=O) groups excluding carboxylic acids is 1. The van der Waals surface area contributed by atoms with Gasteiger partial charge >= 0.3 is 6.03 Å². The maximum Gasteiger partial charge on any atom is 0.320 e. The monoisotopic (exact) mass is 434 g/mol. The van der Waals surface area contributed by atoms with Crippen molar-refractivity contribution in [2.24, 2.45) is 0 Å². The Kier molecular flexibility index (Phi) is 6.39. The molecule has 2 heterocycles. The Balaban J connectivity index is 1.21. The molecule has 2 amide bonds. The fourth-order valence-electron chi connectivity index (χ4n) is 2.80. The van der Waals surface area contributed by atoms with Gasteiger partial charge in [0, 0.05) is 35.3 Å². The summed E-state index contributed by atoms with van der Waals surface area (Å²) in [7, 11) is 0. The lowest BCUT2D eigenvalue weighted by Crippen LogP contribution is -2.32. The molecule has 0 bridgehead atoms. The third-order valence-corrected chi connectivity index (χ3v) is 4.58. The van der Waals surface area contributed by atoms with E-state index in [0.29, 0.717) is 35.5 Å². The number of amides is 2. The van der Waals surface area contributed by atoms with Gasteiger partial charge in [-0.1, -0.05) is 47.1 Å². The van der Waals surface area contributed by atoms with E-state index >= 15 is 0 Å². The Morgan fingerprint density at radius 3 is 2.42 bits per heavy atom. The minimum Gasteiger partial charge on any atom is -0.367 e. The lowest BCUT2D eigenvalue weighted by Gasteiger charge is -2.07. The summed E-state index contributed by atoms with van der Waals surface area (Å²) in [6.45, 7) is 0.872. The number of carbonyl (C=O) groups is 1. The minimum atomic E-state index is -0.386. The molecule has 2 aromatic carbocycles. The van der Waals surface area contributed by atoms with Crippen LogP contribution in [-0.2, 0) is 0 Å². The number of nitrogens with zero attached hydrogens (tertiary/aromatic N) is 3. The average Bonchev–Trinajstić information content (AvgIpc) is 3.26. The van der Waals surface area contributed by atoms with E-state index in [0.717, 1.165) is 16.8 Å². The van der Waals surface area contributed by atoms with Crippen LogP contribution in [-0.4, -0.2) is 34.5 Å². The Morgan fingerprint density at radius 2 is 1.68 bits per heavy atom. The summed E-state index contributed by atoms with van der Waals surface area (Å²) in [5.41, 5.74) is 2.62. The van der Waals surface area contributed by atoms with E-state index in [9.17, 15) is 4.79 Å². The first kappa shape index (κ1) is 20.4. The number of benzene rings is 2. The van der Waals surface area contributed by atoms with E-state index in [1.807, 2.05) is 54.6 Å². The summed E-state index contributed by atoms with van der Waals surface area (Å²) in [5, 5.41) is 21.3. The van der Waals surface area contributed by atoms with Crippen LogP contribution < -0.4 is 16.0 Å². The van der Waals surface area contributed by atoms with Gasteiger partial charge in [0.25, 0.3) is 0 Å². The van der Waals surface area contributed by atoms with Crippen LogP contribution in [0.5, 0.6) is 0 Å². The summed E-state index contributed by atoms with van der Waals surface area (Å²) >= 11 is 5.88. The average molecular weight is 435 g/mol. The van der Waals surface area contributed by atoms with Crippen LogP contribution in [0.25, 0.3) is 22.6 Å². The highest BCUT2D eigenvalue weighted by molar-refractivity contribution is 6.30. The van der Waals surface area contributed by atoms with Crippen molar-refractivity contribution < 1.29 is 9.32 Å². The molecular weight excluding hydrogens is 416 g/mol. The molecular formula is C22H19ClN6O2. The molecule has 0 spiro atoms. The van der Waals surface area contributed by atoms with Gasteiger partial charge in [-0.3, -0.25) is 5.32 Å². The van der Waals surface area contributed by atoms with Crippen LogP contribution in [0.2, 0.25) is 5.02 Å². The van der Waals surface area contributed by atoms with E-state index in [-0.39, 0.29) is 6.03 Å². The van der Waals surface area contributed by atoms with Crippen molar-refractivity contribution >= 4 is 29.3 Å². The highest BCUT2D eigenvalue weighted by atomic mass is 35.5. The summed E-state index contributed by atoms with van der Waals surface area (Å²) < 4.78 is 5.25. The number of anilines is 2. The molecule has 0 radical (unpaired) electrons. The van der Waals surface area contributed by atoms with Crippen LogP contribution in [0.4, 0.5) is 16.4 Å². The highest BCUT2D eigenvalue weighted by Gasteiger charge is 2.09. The molecule has 156 valence electrons. The van der Waals surface area contributed by atoms with Gasteiger partial charge in [0.15, 0.2) is 11.6 Å². The van der Waals surface area contributed by atoms with E-state index in [2.05, 4.69) is 31.3 Å². The zero-order valence-corrected chi connectivity index (χ0v) is 17.1. The Labute approximate surface area is 183 Å². The molecule has 0 fully saturated rings. The zero-order valence-electron chi connectivity index (χ0n) is 16.4. The number of hydrogen-bond acceptors (Lipinski definition) is 6. The number of halogens is 1. The Hall–Kier alpha value is -3.91. The van der Waals surface area contributed by atoms with Gasteiger partial charge in [-0.05, 0) is 36.4 Å². The first-order valence-corrected chi connectivity index (χ1v) is 9.96. The summed E-state index contributed by atoms with van der Waals surface area (Å²) in [6.07, 6.45) is 0. The Bertz CT molecular complexity index is 1130. The maximum absolute atomic E-state index is 12.0. The lowest BCUT2D eigenvalue weighted by atomic mass is 10.1. The molecule has 0 aliphatic heterocycles. The van der Waals surface area contributed by atoms with Gasteiger partial charge in [0.2, 0.25) is 0 Å². The van der Waals surface area contributed by atoms with Crippen molar-refractivity contribution in [3.8, 4) is 22.6 Å². The largest absolute Gasteiger partial charge is 0.367 e. The number of aromatic nitrogens is 3. The molecule has 0 aliphatic carbocycles. The maximum atomic E-state index is 12.0. The molecule has 0 saturated carbocycles. The quantitative estimate of drug-likeness (QED) is 0.364. The molecule has 0 saturated heterocycles. The predicted octanol–water partition coefficient (Wildman–Crippen LogP) is 4.69. The second-order valence-electron chi connectivity index (χ2n) is 6.56. The van der Waals surface area contributed by atoms with Gasteiger partial charge in [-0.15, -0.1) is 10.2 Å². The van der Waals surface area contributed by atoms with E-state index < -0.39 is 0 Å². The second-order valence-corrected chi connectivity index (χ2v) is 7.00. The standard InChI is InChI=1S/C22H19ClN6O2/c23-17-8-6-16(7-9-17)19-14-21(29-31-19)26-22(30)25-13-12-24-20-11-10-18(27-28-20)15-4-2-1-3-5-15/h1-11,14H,12-13H2,(H,24,28)(H2,25,26,29,30). The fourth-order valence-corrected chi connectivity index (χ4v) is 2.93. The fraction of sp³-hybridized carbons (Fsp3) is 0.0909.